The van der Waals surface area contributed by atoms with Crippen LogP contribution in [0.15, 0.2) is 53.2 Å². The molecule has 1 unspecified atom stereocenters. The van der Waals surface area contributed by atoms with Crippen LogP contribution in [0.4, 0.5) is 0 Å². The standard InChI is InChI=1S/C18H20N2O/c1-3-16(20-4-2)18-9-8-17(21-18)14-7-5-6-13-10-11-19-12-15(13)14/h5-12,16,20H,3-4H2,1-2H3. The Balaban J connectivity index is 2.02. The van der Waals surface area contributed by atoms with Crippen LogP contribution in [0.3, 0.4) is 0 Å². The predicted molar refractivity (Wildman–Crippen MR) is 86.2 cm³/mol. The number of hydrogen-bond donors (Lipinski definition) is 1. The largest absolute Gasteiger partial charge is 0.459 e. The van der Waals surface area contributed by atoms with Crippen molar-refractivity contribution in [2.75, 3.05) is 6.54 Å². The molecule has 3 nitrogen and oxygen atoms in total. The van der Waals surface area contributed by atoms with Crippen molar-refractivity contribution < 1.29 is 4.42 Å². The summed E-state index contributed by atoms with van der Waals surface area (Å²) in [6, 6.07) is 12.7. The van der Waals surface area contributed by atoms with Crippen molar-refractivity contribution in [2.45, 2.75) is 26.3 Å². The number of benzene rings is 1. The number of pyridine rings is 1. The summed E-state index contributed by atoms with van der Waals surface area (Å²) in [6.45, 7) is 5.22. The van der Waals surface area contributed by atoms with E-state index in [0.717, 1.165) is 35.4 Å². The van der Waals surface area contributed by atoms with Gasteiger partial charge >= 0.3 is 0 Å². The van der Waals surface area contributed by atoms with Crippen molar-refractivity contribution in [1.29, 1.82) is 0 Å². The highest BCUT2D eigenvalue weighted by Gasteiger charge is 2.14. The maximum absolute atomic E-state index is 6.09. The lowest BCUT2D eigenvalue weighted by molar-refractivity contribution is 0.417. The van der Waals surface area contributed by atoms with Crippen LogP contribution in [0.25, 0.3) is 22.1 Å². The molecule has 108 valence electrons. The van der Waals surface area contributed by atoms with Gasteiger partial charge in [0, 0.05) is 23.3 Å². The third-order valence-electron chi connectivity index (χ3n) is 3.78. The van der Waals surface area contributed by atoms with E-state index in [9.17, 15) is 0 Å². The Morgan fingerprint density at radius 1 is 1.14 bits per heavy atom. The number of nitrogens with one attached hydrogen (secondary N) is 1. The van der Waals surface area contributed by atoms with Gasteiger partial charge in [0.15, 0.2) is 0 Å². The van der Waals surface area contributed by atoms with Crippen LogP contribution >= 0.6 is 0 Å². The minimum atomic E-state index is 0.275. The average Bonchev–Trinajstić information content (AvgIpc) is 3.01. The predicted octanol–water partition coefficient (Wildman–Crippen LogP) is 4.56. The van der Waals surface area contributed by atoms with Crippen molar-refractivity contribution in [2.24, 2.45) is 0 Å². The average molecular weight is 280 g/mol. The monoisotopic (exact) mass is 280 g/mol. The molecule has 0 spiro atoms. The molecule has 0 amide bonds. The minimum absolute atomic E-state index is 0.275. The summed E-state index contributed by atoms with van der Waals surface area (Å²) in [5.74, 6) is 1.90. The lowest BCUT2D eigenvalue weighted by Crippen LogP contribution is -2.19. The van der Waals surface area contributed by atoms with Gasteiger partial charge in [0.1, 0.15) is 11.5 Å². The van der Waals surface area contributed by atoms with Crippen LogP contribution < -0.4 is 5.32 Å². The van der Waals surface area contributed by atoms with E-state index in [1.54, 1.807) is 0 Å². The first-order valence-corrected chi connectivity index (χ1v) is 7.49. The number of fused-ring (bicyclic) bond motifs is 1. The Kier molecular flexibility index (Phi) is 4.02. The molecule has 1 aromatic carbocycles. The summed E-state index contributed by atoms with van der Waals surface area (Å²) in [4.78, 5) is 4.23. The first kappa shape index (κ1) is 13.8. The maximum Gasteiger partial charge on any atom is 0.135 e. The first-order chi connectivity index (χ1) is 10.3. The highest BCUT2D eigenvalue weighted by atomic mass is 16.3. The van der Waals surface area contributed by atoms with Gasteiger partial charge < -0.3 is 9.73 Å². The van der Waals surface area contributed by atoms with Gasteiger partial charge in [-0.3, -0.25) is 4.98 Å². The fourth-order valence-electron chi connectivity index (χ4n) is 2.71. The van der Waals surface area contributed by atoms with Crippen molar-refractivity contribution in [3.63, 3.8) is 0 Å². The van der Waals surface area contributed by atoms with Crippen molar-refractivity contribution in [3.8, 4) is 11.3 Å². The highest BCUT2D eigenvalue weighted by Crippen LogP contribution is 2.31. The van der Waals surface area contributed by atoms with E-state index in [1.807, 2.05) is 18.5 Å². The van der Waals surface area contributed by atoms with E-state index in [0.29, 0.717) is 0 Å². The van der Waals surface area contributed by atoms with Crippen LogP contribution in [-0.4, -0.2) is 11.5 Å². The molecule has 21 heavy (non-hydrogen) atoms. The van der Waals surface area contributed by atoms with Crippen LogP contribution in [0.2, 0.25) is 0 Å². The smallest absolute Gasteiger partial charge is 0.135 e. The van der Waals surface area contributed by atoms with Gasteiger partial charge in [0.25, 0.3) is 0 Å². The molecule has 0 aliphatic heterocycles. The van der Waals surface area contributed by atoms with Gasteiger partial charge in [-0.25, -0.2) is 0 Å². The van der Waals surface area contributed by atoms with Gasteiger partial charge in [-0.05, 0) is 36.6 Å². The number of aromatic nitrogens is 1. The lowest BCUT2D eigenvalue weighted by Gasteiger charge is -2.12. The molecule has 0 radical (unpaired) electrons. The highest BCUT2D eigenvalue weighted by molar-refractivity contribution is 5.94. The summed E-state index contributed by atoms with van der Waals surface area (Å²) in [7, 11) is 0. The second kappa shape index (κ2) is 6.10. The number of furan rings is 1. The summed E-state index contributed by atoms with van der Waals surface area (Å²) in [5.41, 5.74) is 1.10. The first-order valence-electron chi connectivity index (χ1n) is 7.49. The Labute approximate surface area is 125 Å². The maximum atomic E-state index is 6.09. The summed E-state index contributed by atoms with van der Waals surface area (Å²) >= 11 is 0. The molecule has 0 aliphatic carbocycles. The van der Waals surface area contributed by atoms with Crippen LogP contribution in [-0.2, 0) is 0 Å². The van der Waals surface area contributed by atoms with Crippen molar-refractivity contribution in [1.82, 2.24) is 10.3 Å². The molecule has 1 N–H and O–H groups in total. The summed E-state index contributed by atoms with van der Waals surface area (Å²) < 4.78 is 6.09. The van der Waals surface area contributed by atoms with Crippen molar-refractivity contribution in [3.05, 3.63) is 54.6 Å². The topological polar surface area (TPSA) is 38.1 Å². The second-order valence-electron chi connectivity index (χ2n) is 5.12. The third-order valence-corrected chi connectivity index (χ3v) is 3.78. The fourth-order valence-corrected chi connectivity index (χ4v) is 2.71. The Bertz CT molecular complexity index is 727. The number of hydrogen-bond acceptors (Lipinski definition) is 3. The number of rotatable bonds is 5. The van der Waals surface area contributed by atoms with E-state index in [4.69, 9.17) is 4.42 Å². The van der Waals surface area contributed by atoms with Gasteiger partial charge in [-0.1, -0.05) is 32.0 Å². The summed E-state index contributed by atoms with van der Waals surface area (Å²) in [6.07, 6.45) is 4.73. The molecule has 0 aliphatic rings. The summed E-state index contributed by atoms with van der Waals surface area (Å²) in [5, 5.41) is 5.75. The van der Waals surface area contributed by atoms with Gasteiger partial charge in [-0.2, -0.15) is 0 Å². The van der Waals surface area contributed by atoms with E-state index >= 15 is 0 Å². The molecule has 1 atom stereocenters. The second-order valence-corrected chi connectivity index (χ2v) is 5.12. The molecule has 3 rings (SSSR count). The Morgan fingerprint density at radius 3 is 2.86 bits per heavy atom. The molecule has 2 heterocycles. The molecule has 3 aromatic rings. The molecular formula is C18H20N2O. The zero-order valence-corrected chi connectivity index (χ0v) is 12.5. The molecule has 3 heteroatoms. The van der Waals surface area contributed by atoms with E-state index in [2.05, 4.69) is 54.5 Å². The molecule has 0 fully saturated rings. The Morgan fingerprint density at radius 2 is 2.05 bits per heavy atom. The zero-order valence-electron chi connectivity index (χ0n) is 12.5. The SMILES string of the molecule is CCNC(CC)c1ccc(-c2cccc3ccncc23)o1. The molecule has 0 saturated heterocycles. The van der Waals surface area contributed by atoms with Crippen LogP contribution in [0.1, 0.15) is 32.1 Å². The molecule has 0 bridgehead atoms. The molecular weight excluding hydrogens is 260 g/mol. The van der Waals surface area contributed by atoms with Gasteiger partial charge in [0.05, 0.1) is 6.04 Å². The normalized spacial score (nSPS) is 12.7. The number of nitrogens with zero attached hydrogens (tertiary/aromatic N) is 1. The zero-order chi connectivity index (χ0) is 14.7. The minimum Gasteiger partial charge on any atom is -0.459 e. The fraction of sp³-hybridized carbons (Fsp3) is 0.278. The van der Waals surface area contributed by atoms with Gasteiger partial charge in [-0.15, -0.1) is 0 Å². The quantitative estimate of drug-likeness (QED) is 0.744. The molecule has 0 saturated carbocycles. The lowest BCUT2D eigenvalue weighted by atomic mass is 10.1. The van der Waals surface area contributed by atoms with Crippen molar-refractivity contribution >= 4 is 10.8 Å². The van der Waals surface area contributed by atoms with E-state index in [1.165, 1.54) is 5.39 Å². The molecule has 2 aromatic heterocycles. The van der Waals surface area contributed by atoms with E-state index in [-0.39, 0.29) is 6.04 Å². The third kappa shape index (κ3) is 2.69. The van der Waals surface area contributed by atoms with Gasteiger partial charge in [0.2, 0.25) is 0 Å². The van der Waals surface area contributed by atoms with E-state index < -0.39 is 0 Å². The Hall–Kier alpha value is -2.13. The van der Waals surface area contributed by atoms with Crippen LogP contribution in [0, 0.1) is 0 Å². The van der Waals surface area contributed by atoms with Crippen LogP contribution in [0.5, 0.6) is 0 Å².